The summed E-state index contributed by atoms with van der Waals surface area (Å²) in [5.41, 5.74) is 1.69. The summed E-state index contributed by atoms with van der Waals surface area (Å²) in [7, 11) is -0.696. The van der Waals surface area contributed by atoms with E-state index in [1.54, 1.807) is 38.4 Å². The van der Waals surface area contributed by atoms with Crippen LogP contribution < -0.4 is 10.1 Å². The highest BCUT2D eigenvalue weighted by molar-refractivity contribution is 7.89. The summed E-state index contributed by atoms with van der Waals surface area (Å²) in [6, 6.07) is 25.1. The number of halogens is 1. The van der Waals surface area contributed by atoms with Crippen molar-refractivity contribution in [3.05, 3.63) is 107 Å². The van der Waals surface area contributed by atoms with E-state index in [0.29, 0.717) is 34.6 Å². The Morgan fingerprint density at radius 3 is 1.85 bits per heavy atom. The molecule has 1 aliphatic rings. The number of hydrogen-bond acceptors (Lipinski definition) is 4. The average molecular weight is 595 g/mol. The summed E-state index contributed by atoms with van der Waals surface area (Å²) < 4.78 is 34.8. The van der Waals surface area contributed by atoms with Crippen molar-refractivity contribution < 1.29 is 13.2 Å². The molecule has 3 unspecified atom stereocenters. The van der Waals surface area contributed by atoms with Gasteiger partial charge in [0, 0.05) is 7.05 Å². The number of benzene rings is 3. The third-order valence-electron chi connectivity index (χ3n) is 9.84. The van der Waals surface area contributed by atoms with Crippen molar-refractivity contribution in [2.75, 3.05) is 14.2 Å². The number of allylic oxidation sites excluding steroid dienone is 1. The lowest BCUT2D eigenvalue weighted by atomic mass is 9.73. The van der Waals surface area contributed by atoms with Gasteiger partial charge in [-0.05, 0) is 70.6 Å². The van der Waals surface area contributed by atoms with Crippen LogP contribution in [0.4, 0.5) is 0 Å². The summed E-state index contributed by atoms with van der Waals surface area (Å²) in [4.78, 5) is 0.194. The zero-order chi connectivity index (χ0) is 29.9. The van der Waals surface area contributed by atoms with E-state index in [0.717, 1.165) is 11.1 Å². The number of hydrogen-bond donors (Lipinski definition) is 1. The maximum Gasteiger partial charge on any atom is 0.243 e. The van der Waals surface area contributed by atoms with Gasteiger partial charge in [-0.2, -0.15) is 4.31 Å². The van der Waals surface area contributed by atoms with Gasteiger partial charge >= 0.3 is 0 Å². The van der Waals surface area contributed by atoms with E-state index >= 15 is 0 Å². The Hall–Kier alpha value is -2.80. The molecule has 0 heterocycles. The van der Waals surface area contributed by atoms with Crippen molar-refractivity contribution in [3.63, 3.8) is 0 Å². The molecule has 220 valence electrons. The van der Waals surface area contributed by atoms with Crippen molar-refractivity contribution in [1.29, 1.82) is 0 Å². The minimum Gasteiger partial charge on any atom is -0.497 e. The lowest BCUT2D eigenvalue weighted by molar-refractivity contribution is 0.234. The average Bonchev–Trinajstić information content (AvgIpc) is 3.12. The number of nitrogens with zero attached hydrogens (tertiary/aromatic N) is 1. The molecule has 3 aromatic carbocycles. The molecule has 1 saturated carbocycles. The molecule has 0 aromatic heterocycles. The van der Waals surface area contributed by atoms with Crippen molar-refractivity contribution in [1.82, 2.24) is 9.62 Å². The van der Waals surface area contributed by atoms with Gasteiger partial charge in [0.2, 0.25) is 10.0 Å². The summed E-state index contributed by atoms with van der Waals surface area (Å²) in [6.45, 7) is 11.6. The molecule has 0 amide bonds. The van der Waals surface area contributed by atoms with Crippen LogP contribution in [0.2, 0.25) is 0 Å². The van der Waals surface area contributed by atoms with Gasteiger partial charge in [-0.1, -0.05) is 107 Å². The van der Waals surface area contributed by atoms with Crippen molar-refractivity contribution >= 4 is 21.6 Å². The fraction of sp³-hybridized carbons (Fsp3) is 0.412. The highest BCUT2D eigenvalue weighted by Gasteiger charge is 2.49. The Morgan fingerprint density at radius 1 is 0.878 bits per heavy atom. The molecule has 0 aliphatic heterocycles. The van der Waals surface area contributed by atoms with Crippen LogP contribution in [0.25, 0.3) is 0 Å². The molecule has 4 rings (SSSR count). The van der Waals surface area contributed by atoms with Crippen molar-refractivity contribution in [3.8, 4) is 5.75 Å². The smallest absolute Gasteiger partial charge is 0.243 e. The Morgan fingerprint density at radius 2 is 1.37 bits per heavy atom. The second-order valence-electron chi connectivity index (χ2n) is 11.7. The van der Waals surface area contributed by atoms with E-state index in [9.17, 15) is 8.42 Å². The number of nitrogens with one attached hydrogen (secondary N) is 1. The molecule has 0 radical (unpaired) electrons. The molecule has 5 nitrogen and oxygen atoms in total. The Balaban J connectivity index is 1.81. The molecule has 0 bridgehead atoms. The van der Waals surface area contributed by atoms with E-state index in [1.807, 2.05) is 60.7 Å². The van der Waals surface area contributed by atoms with Gasteiger partial charge in [0.05, 0.1) is 29.2 Å². The fourth-order valence-corrected chi connectivity index (χ4v) is 8.22. The molecule has 7 heteroatoms. The van der Waals surface area contributed by atoms with E-state index < -0.39 is 22.1 Å². The molecule has 41 heavy (non-hydrogen) atoms. The maximum atomic E-state index is 14.1. The van der Waals surface area contributed by atoms with Crippen LogP contribution in [0.3, 0.4) is 0 Å². The number of methoxy groups -OCH3 is 1. The lowest BCUT2D eigenvalue weighted by Gasteiger charge is -2.37. The van der Waals surface area contributed by atoms with E-state index in [4.69, 9.17) is 16.3 Å². The predicted octanol–water partition coefficient (Wildman–Crippen LogP) is 8.03. The molecule has 1 aliphatic carbocycles. The molecule has 1 N–H and O–H groups in total. The molecule has 0 spiro atoms. The Bertz CT molecular complexity index is 1410. The topological polar surface area (TPSA) is 58.6 Å². The van der Waals surface area contributed by atoms with Gasteiger partial charge in [0.15, 0.2) is 0 Å². The quantitative estimate of drug-likeness (QED) is 0.241. The second-order valence-corrected chi connectivity index (χ2v) is 14.1. The highest BCUT2D eigenvalue weighted by atomic mass is 35.5. The van der Waals surface area contributed by atoms with Crippen LogP contribution in [0.5, 0.6) is 5.75 Å². The van der Waals surface area contributed by atoms with Crippen LogP contribution in [0.1, 0.15) is 57.8 Å². The van der Waals surface area contributed by atoms with Gasteiger partial charge in [0.1, 0.15) is 5.75 Å². The molecular formula is C34H43ClN2O3S. The SMILES string of the molecule is COc1ccc(S(=O)(=O)N(C)[C@@H](c2ccccc2)[C@@H](N/C(Cl)=C/C2(C)[C@H](C)C(C)C(C)[C@@H]2C)c2ccccc2)cc1. The number of likely N-dealkylation sites (N-methyl/N-ethyl adjacent to an activating group) is 1. The number of ether oxygens (including phenoxy) is 1. The summed E-state index contributed by atoms with van der Waals surface area (Å²) in [5.74, 6) is 2.62. The predicted molar refractivity (Wildman–Crippen MR) is 168 cm³/mol. The standard InChI is InChI=1S/C34H43ClN2O3S/c1-23-24(2)26(4)34(5,25(23)3)22-31(35)36-32(27-14-10-8-11-15-27)33(28-16-12-9-13-17-28)37(6)41(38,39)30-20-18-29(40-7)19-21-30/h8-26,32-33,36H,1-7H3/b31-22+/t23?,24?,25-,26+,32-,33-,34?/m0/s1. The first-order chi connectivity index (χ1) is 19.4. The molecule has 7 atom stereocenters. The van der Waals surface area contributed by atoms with Crippen LogP contribution in [-0.2, 0) is 10.0 Å². The maximum absolute atomic E-state index is 14.1. The van der Waals surface area contributed by atoms with Crippen LogP contribution in [0.15, 0.2) is 101 Å². The monoisotopic (exact) mass is 594 g/mol. The number of rotatable bonds is 10. The van der Waals surface area contributed by atoms with E-state index in [1.165, 1.54) is 4.31 Å². The third-order valence-corrected chi connectivity index (χ3v) is 11.9. The van der Waals surface area contributed by atoms with Gasteiger partial charge in [-0.25, -0.2) is 8.42 Å². The summed E-state index contributed by atoms with van der Waals surface area (Å²) in [5, 5.41) is 4.10. The van der Waals surface area contributed by atoms with Crippen LogP contribution >= 0.6 is 11.6 Å². The third kappa shape index (κ3) is 6.20. The fourth-order valence-electron chi connectivity index (χ4n) is 6.52. The normalized spacial score (nSPS) is 26.5. The Kier molecular flexibility index (Phi) is 9.57. The van der Waals surface area contributed by atoms with Crippen molar-refractivity contribution in [2.24, 2.45) is 29.1 Å². The number of sulfonamides is 1. The van der Waals surface area contributed by atoms with Gasteiger partial charge in [-0.3, -0.25) is 0 Å². The zero-order valence-electron chi connectivity index (χ0n) is 25.1. The van der Waals surface area contributed by atoms with E-state index in [2.05, 4.69) is 46.0 Å². The first-order valence-corrected chi connectivity index (χ1v) is 16.1. The lowest BCUT2D eigenvalue weighted by Crippen LogP contribution is -2.39. The van der Waals surface area contributed by atoms with Crippen molar-refractivity contribution in [2.45, 2.75) is 51.6 Å². The highest BCUT2D eigenvalue weighted by Crippen LogP contribution is 2.55. The first-order valence-electron chi connectivity index (χ1n) is 14.3. The molecule has 3 aromatic rings. The largest absolute Gasteiger partial charge is 0.497 e. The van der Waals surface area contributed by atoms with Gasteiger partial charge in [-0.15, -0.1) is 0 Å². The van der Waals surface area contributed by atoms with Crippen LogP contribution in [0, 0.1) is 29.1 Å². The molecular weight excluding hydrogens is 552 g/mol. The first kappa shape index (κ1) is 31.1. The minimum absolute atomic E-state index is 0.104. The summed E-state index contributed by atoms with van der Waals surface area (Å²) >= 11 is 7.09. The molecule has 1 fully saturated rings. The van der Waals surface area contributed by atoms with Gasteiger partial charge in [0.25, 0.3) is 0 Å². The minimum atomic E-state index is -3.89. The van der Waals surface area contributed by atoms with Gasteiger partial charge < -0.3 is 10.1 Å². The second kappa shape index (κ2) is 12.6. The molecule has 0 saturated heterocycles. The van der Waals surface area contributed by atoms with E-state index in [-0.39, 0.29) is 10.3 Å². The summed E-state index contributed by atoms with van der Waals surface area (Å²) in [6.07, 6.45) is 2.17. The Labute approximate surface area is 251 Å². The van der Waals surface area contributed by atoms with Crippen LogP contribution in [-0.4, -0.2) is 26.9 Å². The zero-order valence-corrected chi connectivity index (χ0v) is 26.7.